The molecule has 1 saturated heterocycles. The molecule has 0 atom stereocenters. The first-order valence-corrected chi connectivity index (χ1v) is 7.78. The summed E-state index contributed by atoms with van der Waals surface area (Å²) >= 11 is 0. The number of carbonyl (C=O) groups excluding carboxylic acids is 1. The number of morpholine rings is 1. The van der Waals surface area contributed by atoms with E-state index < -0.39 is 0 Å². The van der Waals surface area contributed by atoms with Gasteiger partial charge in [-0.3, -0.25) is 9.69 Å². The van der Waals surface area contributed by atoms with E-state index in [1.54, 1.807) is 0 Å². The number of fused-ring (bicyclic) bond motifs is 1. The van der Waals surface area contributed by atoms with Crippen molar-refractivity contribution in [1.82, 2.24) is 10.2 Å². The van der Waals surface area contributed by atoms with Crippen LogP contribution in [0.15, 0.2) is 18.2 Å². The Morgan fingerprint density at radius 3 is 3.05 bits per heavy atom. The van der Waals surface area contributed by atoms with Crippen molar-refractivity contribution < 1.29 is 9.53 Å². The molecule has 1 aromatic carbocycles. The molecule has 3 rings (SSSR count). The lowest BCUT2D eigenvalue weighted by Crippen LogP contribution is -2.41. The lowest BCUT2D eigenvalue weighted by Gasteiger charge is -2.26. The highest BCUT2D eigenvalue weighted by Crippen LogP contribution is 2.22. The minimum Gasteiger partial charge on any atom is -0.385 e. The number of hydrogen-bond donors (Lipinski definition) is 2. The second-order valence-electron chi connectivity index (χ2n) is 5.61. The molecule has 0 saturated carbocycles. The summed E-state index contributed by atoms with van der Waals surface area (Å²) < 4.78 is 5.31. The maximum absolute atomic E-state index is 12.2. The number of hydrogen-bond acceptors (Lipinski definition) is 4. The Labute approximate surface area is 125 Å². The number of aryl methyl sites for hydroxylation is 1. The summed E-state index contributed by atoms with van der Waals surface area (Å²) in [6.45, 7) is 6.12. The van der Waals surface area contributed by atoms with Crippen molar-refractivity contribution in [2.45, 2.75) is 12.8 Å². The number of nitrogens with one attached hydrogen (secondary N) is 2. The SMILES string of the molecule is O=C(NCCN1CCOCC1)c1ccc2c(c1)CCCN2. The van der Waals surface area contributed by atoms with E-state index in [4.69, 9.17) is 4.74 Å². The number of amides is 1. The molecule has 0 spiro atoms. The fourth-order valence-electron chi connectivity index (χ4n) is 2.87. The minimum absolute atomic E-state index is 0.0247. The van der Waals surface area contributed by atoms with Crippen LogP contribution in [0, 0.1) is 0 Å². The fourth-order valence-corrected chi connectivity index (χ4v) is 2.87. The molecule has 2 aliphatic rings. The number of carbonyl (C=O) groups is 1. The van der Waals surface area contributed by atoms with E-state index in [1.165, 1.54) is 11.3 Å². The van der Waals surface area contributed by atoms with Gasteiger partial charge in [-0.25, -0.2) is 0 Å². The van der Waals surface area contributed by atoms with Gasteiger partial charge in [-0.1, -0.05) is 0 Å². The van der Waals surface area contributed by atoms with Crippen molar-refractivity contribution in [3.05, 3.63) is 29.3 Å². The fraction of sp³-hybridized carbons (Fsp3) is 0.562. The van der Waals surface area contributed by atoms with Crippen LogP contribution in [0.4, 0.5) is 5.69 Å². The first kappa shape index (κ1) is 14.4. The Morgan fingerprint density at radius 1 is 1.33 bits per heavy atom. The van der Waals surface area contributed by atoms with Gasteiger partial charge in [-0.15, -0.1) is 0 Å². The molecule has 1 aromatic rings. The molecule has 2 N–H and O–H groups in total. The second-order valence-corrected chi connectivity index (χ2v) is 5.61. The topological polar surface area (TPSA) is 53.6 Å². The molecule has 114 valence electrons. The van der Waals surface area contributed by atoms with E-state index in [-0.39, 0.29) is 5.91 Å². The Kier molecular flexibility index (Phi) is 4.72. The summed E-state index contributed by atoms with van der Waals surface area (Å²) in [6, 6.07) is 5.94. The van der Waals surface area contributed by atoms with E-state index in [1.807, 2.05) is 18.2 Å². The van der Waals surface area contributed by atoms with Crippen LogP contribution in [-0.2, 0) is 11.2 Å². The zero-order valence-corrected chi connectivity index (χ0v) is 12.4. The van der Waals surface area contributed by atoms with E-state index >= 15 is 0 Å². The molecule has 0 aromatic heterocycles. The number of anilines is 1. The zero-order valence-electron chi connectivity index (χ0n) is 12.4. The van der Waals surface area contributed by atoms with Gasteiger partial charge in [0.25, 0.3) is 5.91 Å². The minimum atomic E-state index is 0.0247. The van der Waals surface area contributed by atoms with Crippen LogP contribution in [-0.4, -0.2) is 56.7 Å². The number of benzene rings is 1. The monoisotopic (exact) mass is 289 g/mol. The molecule has 0 unspecified atom stereocenters. The van der Waals surface area contributed by atoms with Crippen LogP contribution in [0.1, 0.15) is 22.3 Å². The number of nitrogens with zero attached hydrogens (tertiary/aromatic N) is 1. The highest BCUT2D eigenvalue weighted by molar-refractivity contribution is 5.94. The Bertz CT molecular complexity index is 498. The molecule has 21 heavy (non-hydrogen) atoms. The van der Waals surface area contributed by atoms with E-state index in [9.17, 15) is 4.79 Å². The van der Waals surface area contributed by atoms with Gasteiger partial charge in [0.2, 0.25) is 0 Å². The van der Waals surface area contributed by atoms with Gasteiger partial charge >= 0.3 is 0 Å². The molecule has 0 bridgehead atoms. The molecular formula is C16H23N3O2. The average Bonchev–Trinajstić information content (AvgIpc) is 2.55. The lowest BCUT2D eigenvalue weighted by atomic mass is 10.0. The van der Waals surface area contributed by atoms with Crippen LogP contribution >= 0.6 is 0 Å². The second kappa shape index (κ2) is 6.91. The third-order valence-corrected chi connectivity index (χ3v) is 4.12. The van der Waals surface area contributed by atoms with Gasteiger partial charge in [0.05, 0.1) is 13.2 Å². The van der Waals surface area contributed by atoms with E-state index in [2.05, 4.69) is 15.5 Å². The predicted octanol–water partition coefficient (Wildman–Crippen LogP) is 1.11. The smallest absolute Gasteiger partial charge is 0.251 e. The zero-order chi connectivity index (χ0) is 14.5. The van der Waals surface area contributed by atoms with E-state index in [0.717, 1.165) is 57.8 Å². The summed E-state index contributed by atoms with van der Waals surface area (Å²) in [4.78, 5) is 14.5. The first-order chi connectivity index (χ1) is 10.3. The quantitative estimate of drug-likeness (QED) is 0.872. The summed E-state index contributed by atoms with van der Waals surface area (Å²) in [5.41, 5.74) is 3.19. The highest BCUT2D eigenvalue weighted by Gasteiger charge is 2.13. The van der Waals surface area contributed by atoms with Gasteiger partial charge in [0.1, 0.15) is 0 Å². The van der Waals surface area contributed by atoms with Crippen molar-refractivity contribution >= 4 is 11.6 Å². The maximum Gasteiger partial charge on any atom is 0.251 e. The Balaban J connectivity index is 1.50. The van der Waals surface area contributed by atoms with Crippen molar-refractivity contribution in [1.29, 1.82) is 0 Å². The Morgan fingerprint density at radius 2 is 2.19 bits per heavy atom. The number of rotatable bonds is 4. The van der Waals surface area contributed by atoms with Crippen LogP contribution in [0.25, 0.3) is 0 Å². The first-order valence-electron chi connectivity index (χ1n) is 7.78. The normalized spacial score (nSPS) is 18.7. The molecule has 0 radical (unpaired) electrons. The maximum atomic E-state index is 12.2. The van der Waals surface area contributed by atoms with Gasteiger partial charge in [-0.2, -0.15) is 0 Å². The van der Waals surface area contributed by atoms with Gasteiger partial charge in [0.15, 0.2) is 0 Å². The van der Waals surface area contributed by atoms with Crippen LogP contribution in [0.3, 0.4) is 0 Å². The van der Waals surface area contributed by atoms with Gasteiger partial charge in [-0.05, 0) is 36.6 Å². The molecule has 1 amide bonds. The average molecular weight is 289 g/mol. The standard InChI is InChI=1S/C16H23N3O2/c20-16(18-6-7-19-8-10-21-11-9-19)14-3-4-15-13(12-14)2-1-5-17-15/h3-4,12,17H,1-2,5-11H2,(H,18,20). The molecule has 5 nitrogen and oxygen atoms in total. The van der Waals surface area contributed by atoms with Crippen LogP contribution in [0.2, 0.25) is 0 Å². The van der Waals surface area contributed by atoms with Crippen LogP contribution in [0.5, 0.6) is 0 Å². The summed E-state index contributed by atoms with van der Waals surface area (Å²) in [5, 5.41) is 6.38. The number of ether oxygens (including phenoxy) is 1. The van der Waals surface area contributed by atoms with E-state index in [0.29, 0.717) is 6.54 Å². The third kappa shape index (κ3) is 3.74. The van der Waals surface area contributed by atoms with Crippen molar-refractivity contribution in [3.8, 4) is 0 Å². The highest BCUT2D eigenvalue weighted by atomic mass is 16.5. The van der Waals surface area contributed by atoms with Gasteiger partial charge in [0, 0.05) is 44.0 Å². The molecule has 5 heteroatoms. The molecular weight excluding hydrogens is 266 g/mol. The largest absolute Gasteiger partial charge is 0.385 e. The summed E-state index contributed by atoms with van der Waals surface area (Å²) in [5.74, 6) is 0.0247. The molecule has 2 aliphatic heterocycles. The third-order valence-electron chi connectivity index (χ3n) is 4.12. The summed E-state index contributed by atoms with van der Waals surface area (Å²) in [7, 11) is 0. The van der Waals surface area contributed by atoms with Crippen molar-refractivity contribution in [3.63, 3.8) is 0 Å². The van der Waals surface area contributed by atoms with Crippen LogP contribution < -0.4 is 10.6 Å². The lowest BCUT2D eigenvalue weighted by molar-refractivity contribution is 0.0383. The molecule has 2 heterocycles. The predicted molar refractivity (Wildman–Crippen MR) is 82.8 cm³/mol. The molecule has 1 fully saturated rings. The van der Waals surface area contributed by atoms with Crippen molar-refractivity contribution in [2.75, 3.05) is 51.3 Å². The summed E-state index contributed by atoms with van der Waals surface area (Å²) in [6.07, 6.45) is 2.19. The molecule has 0 aliphatic carbocycles. The Hall–Kier alpha value is -1.59. The van der Waals surface area contributed by atoms with Crippen molar-refractivity contribution in [2.24, 2.45) is 0 Å². The van der Waals surface area contributed by atoms with Gasteiger partial charge < -0.3 is 15.4 Å².